The van der Waals surface area contributed by atoms with E-state index in [1.165, 1.54) is 29.8 Å². The molecule has 0 saturated carbocycles. The molecular weight excluding hydrogens is 479 g/mol. The lowest BCUT2D eigenvalue weighted by Gasteiger charge is -2.37. The molecule has 4 rings (SSSR count). The average Bonchev–Trinajstić information content (AvgIpc) is 3.21. The maximum atomic E-state index is 14.8. The van der Waals surface area contributed by atoms with Crippen LogP contribution in [0.15, 0.2) is 34.8 Å². The number of fused-ring (bicyclic) bond motifs is 1. The zero-order valence-corrected chi connectivity index (χ0v) is 21.1. The van der Waals surface area contributed by atoms with Gasteiger partial charge in [-0.05, 0) is 38.8 Å². The van der Waals surface area contributed by atoms with Crippen LogP contribution in [0.1, 0.15) is 26.7 Å². The number of aromatic nitrogens is 2. The highest BCUT2D eigenvalue weighted by atomic mass is 32.2. The summed E-state index contributed by atoms with van der Waals surface area (Å²) in [6.07, 6.45) is 3.62. The molecule has 34 heavy (non-hydrogen) atoms. The summed E-state index contributed by atoms with van der Waals surface area (Å²) in [5.74, 6) is 0.134. The van der Waals surface area contributed by atoms with Gasteiger partial charge in [-0.15, -0.1) is 11.3 Å². The second kappa shape index (κ2) is 9.46. The molecule has 2 aromatic heterocycles. The molecule has 1 aromatic carbocycles. The molecule has 182 valence electrons. The molecule has 0 radical (unpaired) electrons. The van der Waals surface area contributed by atoms with Gasteiger partial charge in [-0.2, -0.15) is 0 Å². The van der Waals surface area contributed by atoms with Crippen molar-refractivity contribution in [1.29, 1.82) is 0 Å². The minimum Gasteiger partial charge on any atom is -0.447 e. The first-order valence-corrected chi connectivity index (χ1v) is 13.7. The van der Waals surface area contributed by atoms with Crippen LogP contribution >= 0.6 is 11.3 Å². The van der Waals surface area contributed by atoms with Gasteiger partial charge in [0.05, 0.1) is 21.2 Å². The fourth-order valence-electron chi connectivity index (χ4n) is 4.11. The third-order valence-corrected chi connectivity index (χ3v) is 8.01. The van der Waals surface area contributed by atoms with Crippen molar-refractivity contribution in [2.45, 2.75) is 43.7 Å². The number of carbonyl (C=O) groups is 1. The van der Waals surface area contributed by atoms with E-state index in [2.05, 4.69) is 14.9 Å². The van der Waals surface area contributed by atoms with E-state index in [1.807, 2.05) is 26.3 Å². The number of carbonyl (C=O) groups excluding carboxylic acids is 1. The van der Waals surface area contributed by atoms with E-state index in [0.717, 1.165) is 35.7 Å². The average molecular weight is 507 g/mol. The number of sulfone groups is 1. The molecule has 11 heteroatoms. The highest BCUT2D eigenvalue weighted by Crippen LogP contribution is 2.39. The van der Waals surface area contributed by atoms with Gasteiger partial charge in [0, 0.05) is 48.9 Å². The van der Waals surface area contributed by atoms with Gasteiger partial charge in [-0.25, -0.2) is 27.6 Å². The molecule has 0 atom stereocenters. The topological polar surface area (TPSA) is 92.7 Å². The Kier molecular flexibility index (Phi) is 6.77. The predicted molar refractivity (Wildman–Crippen MR) is 131 cm³/mol. The molecular formula is C23H27FN4O4S2. The number of anilines is 1. The van der Waals surface area contributed by atoms with Gasteiger partial charge >= 0.3 is 6.09 Å². The molecule has 3 aromatic rings. The summed E-state index contributed by atoms with van der Waals surface area (Å²) in [5, 5.41) is 1.82. The third kappa shape index (κ3) is 4.85. The molecule has 0 aliphatic carbocycles. The number of thiophene rings is 1. The maximum absolute atomic E-state index is 14.8. The first-order valence-electron chi connectivity index (χ1n) is 11.0. The van der Waals surface area contributed by atoms with Crippen molar-refractivity contribution < 1.29 is 22.3 Å². The summed E-state index contributed by atoms with van der Waals surface area (Å²) in [5.41, 5.74) is 1.51. The molecule has 1 aliphatic rings. The zero-order chi connectivity index (χ0) is 24.6. The van der Waals surface area contributed by atoms with Gasteiger partial charge in [0.25, 0.3) is 0 Å². The summed E-state index contributed by atoms with van der Waals surface area (Å²) in [6, 6.07) is 4.10. The number of rotatable bonds is 5. The number of nitrogens with zero attached hydrogens (tertiary/aromatic N) is 4. The van der Waals surface area contributed by atoms with Crippen molar-refractivity contribution >= 4 is 43.3 Å². The van der Waals surface area contributed by atoms with Crippen LogP contribution in [0.5, 0.6) is 0 Å². The van der Waals surface area contributed by atoms with Crippen LogP contribution in [0, 0.1) is 5.82 Å². The number of hydrogen-bond donors (Lipinski definition) is 0. The normalized spacial score (nSPS) is 15.2. The Morgan fingerprint density at radius 3 is 2.56 bits per heavy atom. The first kappa shape index (κ1) is 24.3. The minimum atomic E-state index is -3.50. The Labute approximate surface area is 202 Å². The summed E-state index contributed by atoms with van der Waals surface area (Å²) in [7, 11) is -1.53. The Morgan fingerprint density at radius 1 is 1.24 bits per heavy atom. The van der Waals surface area contributed by atoms with Crippen LogP contribution in [-0.2, 0) is 14.6 Å². The largest absolute Gasteiger partial charge is 0.447 e. The molecule has 1 aliphatic heterocycles. The lowest BCUT2D eigenvalue weighted by atomic mass is 10.0. The highest BCUT2D eigenvalue weighted by molar-refractivity contribution is 7.90. The summed E-state index contributed by atoms with van der Waals surface area (Å²) in [4.78, 5) is 24.8. The van der Waals surface area contributed by atoms with Gasteiger partial charge in [-0.3, -0.25) is 0 Å². The minimum absolute atomic E-state index is 0.0630. The Hall–Kier alpha value is -2.79. The number of hydrogen-bond acceptors (Lipinski definition) is 8. The van der Waals surface area contributed by atoms with Gasteiger partial charge in [0.15, 0.2) is 9.84 Å². The number of halogens is 1. The summed E-state index contributed by atoms with van der Waals surface area (Å²) in [6.45, 7) is 4.87. The predicted octanol–water partition coefficient (Wildman–Crippen LogP) is 4.35. The van der Waals surface area contributed by atoms with Crippen LogP contribution in [0.4, 0.5) is 15.0 Å². The quantitative estimate of drug-likeness (QED) is 0.508. The highest BCUT2D eigenvalue weighted by Gasteiger charge is 2.28. The SMILES string of the molecule is CC(C)OC(=O)N1CCC(N(C)c2ncnc3c(-c4ccc(S(C)(=O)=O)cc4F)csc23)CC1. The fraction of sp³-hybridized carbons (Fsp3) is 0.435. The molecule has 0 bridgehead atoms. The van der Waals surface area contributed by atoms with Crippen molar-refractivity contribution in [1.82, 2.24) is 14.9 Å². The number of piperidine rings is 1. The van der Waals surface area contributed by atoms with Crippen molar-refractivity contribution in [3.63, 3.8) is 0 Å². The van der Waals surface area contributed by atoms with Crippen molar-refractivity contribution in [3.05, 3.63) is 35.7 Å². The van der Waals surface area contributed by atoms with Crippen LogP contribution in [0.3, 0.4) is 0 Å². The Balaban J connectivity index is 1.58. The molecule has 1 saturated heterocycles. The van der Waals surface area contributed by atoms with Crippen molar-refractivity contribution in [2.75, 3.05) is 31.3 Å². The summed E-state index contributed by atoms with van der Waals surface area (Å²) < 4.78 is 44.5. The second-order valence-electron chi connectivity index (χ2n) is 8.70. The molecule has 8 nitrogen and oxygen atoms in total. The Bertz CT molecular complexity index is 1320. The van der Waals surface area contributed by atoms with E-state index in [-0.39, 0.29) is 23.1 Å². The van der Waals surface area contributed by atoms with E-state index in [1.54, 1.807) is 4.90 Å². The first-order chi connectivity index (χ1) is 16.1. The fourth-order valence-corrected chi connectivity index (χ4v) is 5.79. The van der Waals surface area contributed by atoms with Gasteiger partial charge in [0.2, 0.25) is 0 Å². The van der Waals surface area contributed by atoms with E-state index in [4.69, 9.17) is 4.74 Å². The Morgan fingerprint density at radius 2 is 1.94 bits per heavy atom. The van der Waals surface area contributed by atoms with E-state index in [9.17, 15) is 17.6 Å². The number of ether oxygens (including phenoxy) is 1. The molecule has 0 spiro atoms. The van der Waals surface area contributed by atoms with E-state index < -0.39 is 15.7 Å². The number of likely N-dealkylation sites (tertiary alicyclic amines) is 1. The maximum Gasteiger partial charge on any atom is 0.410 e. The van der Waals surface area contributed by atoms with Crippen LogP contribution in [-0.4, -0.2) is 67.9 Å². The smallest absolute Gasteiger partial charge is 0.410 e. The van der Waals surface area contributed by atoms with E-state index >= 15 is 0 Å². The molecule has 3 heterocycles. The number of benzene rings is 1. The summed E-state index contributed by atoms with van der Waals surface area (Å²) >= 11 is 1.42. The van der Waals surface area contributed by atoms with Crippen LogP contribution < -0.4 is 4.90 Å². The zero-order valence-electron chi connectivity index (χ0n) is 19.5. The monoisotopic (exact) mass is 506 g/mol. The lowest BCUT2D eigenvalue weighted by Crippen LogP contribution is -2.46. The second-order valence-corrected chi connectivity index (χ2v) is 11.6. The molecule has 1 amide bonds. The van der Waals surface area contributed by atoms with E-state index in [0.29, 0.717) is 29.7 Å². The van der Waals surface area contributed by atoms with Crippen LogP contribution in [0.25, 0.3) is 21.3 Å². The van der Waals surface area contributed by atoms with Crippen LogP contribution in [0.2, 0.25) is 0 Å². The van der Waals surface area contributed by atoms with Gasteiger partial charge < -0.3 is 14.5 Å². The molecule has 1 fully saturated rings. The van der Waals surface area contributed by atoms with Crippen molar-refractivity contribution in [3.8, 4) is 11.1 Å². The van der Waals surface area contributed by atoms with Gasteiger partial charge in [0.1, 0.15) is 18.0 Å². The number of amides is 1. The third-order valence-electron chi connectivity index (χ3n) is 5.93. The standard InChI is InChI=1S/C23H27FN4O4S2/c1-14(2)32-23(29)28-9-7-15(8-10-28)27(3)22-21-20(25-13-26-22)18(12-33-21)17-6-5-16(11-19(17)24)34(4,30)31/h5-6,11-15H,7-10H2,1-4H3. The van der Waals surface area contributed by atoms with Gasteiger partial charge in [-0.1, -0.05) is 6.07 Å². The van der Waals surface area contributed by atoms with Crippen molar-refractivity contribution in [2.24, 2.45) is 0 Å². The lowest BCUT2D eigenvalue weighted by molar-refractivity contribution is 0.0692. The molecule has 0 N–H and O–H groups in total. The molecule has 0 unspecified atom stereocenters.